The Labute approximate surface area is 266 Å². The van der Waals surface area contributed by atoms with Gasteiger partial charge in [-0.3, -0.25) is 13.9 Å². The van der Waals surface area contributed by atoms with E-state index in [2.05, 4.69) is 5.32 Å². The van der Waals surface area contributed by atoms with Gasteiger partial charge in [0.1, 0.15) is 24.1 Å². The van der Waals surface area contributed by atoms with E-state index in [1.807, 2.05) is 51.1 Å². The molecule has 3 aromatic rings. The van der Waals surface area contributed by atoms with Crippen LogP contribution < -0.4 is 28.6 Å². The molecule has 0 bridgehead atoms. The average molecular weight is 642 g/mol. The minimum Gasteiger partial charge on any atom is -0.497 e. The Bertz CT molecular complexity index is 1570. The van der Waals surface area contributed by atoms with E-state index in [-0.39, 0.29) is 34.5 Å². The normalized spacial score (nSPS) is 12.1. The minimum absolute atomic E-state index is 0.0758. The molecule has 11 nitrogen and oxygen atoms in total. The quantitative estimate of drug-likeness (QED) is 0.270. The lowest BCUT2D eigenvalue weighted by Gasteiger charge is -2.35. The summed E-state index contributed by atoms with van der Waals surface area (Å²) in [6, 6.07) is 17.2. The Morgan fingerprint density at radius 1 is 0.822 bits per heavy atom. The van der Waals surface area contributed by atoms with Crippen molar-refractivity contribution in [3.8, 4) is 23.0 Å². The number of ether oxygens (including phenoxy) is 4. The van der Waals surface area contributed by atoms with E-state index in [1.54, 1.807) is 19.1 Å². The van der Waals surface area contributed by atoms with Crippen molar-refractivity contribution in [2.24, 2.45) is 0 Å². The van der Waals surface area contributed by atoms with Crippen molar-refractivity contribution in [1.82, 2.24) is 10.2 Å². The molecule has 244 valence electrons. The van der Waals surface area contributed by atoms with E-state index < -0.39 is 34.1 Å². The van der Waals surface area contributed by atoms with Crippen LogP contribution in [0.25, 0.3) is 0 Å². The van der Waals surface area contributed by atoms with Gasteiger partial charge in [-0.1, -0.05) is 37.3 Å². The Morgan fingerprint density at radius 3 is 2.00 bits per heavy atom. The van der Waals surface area contributed by atoms with Crippen LogP contribution in [0.5, 0.6) is 23.0 Å². The summed E-state index contributed by atoms with van der Waals surface area (Å²) >= 11 is 0. The van der Waals surface area contributed by atoms with Crippen molar-refractivity contribution >= 4 is 27.5 Å². The van der Waals surface area contributed by atoms with Crippen LogP contribution in [0.15, 0.2) is 71.6 Å². The molecule has 0 spiro atoms. The van der Waals surface area contributed by atoms with Crippen molar-refractivity contribution in [2.45, 2.75) is 57.1 Å². The van der Waals surface area contributed by atoms with Gasteiger partial charge >= 0.3 is 0 Å². The molecular formula is C33H43N3O8S. The molecule has 0 fully saturated rings. The van der Waals surface area contributed by atoms with Gasteiger partial charge in [0, 0.05) is 24.2 Å². The highest BCUT2D eigenvalue weighted by Crippen LogP contribution is 2.38. The Balaban J connectivity index is 2.20. The van der Waals surface area contributed by atoms with Crippen LogP contribution in [0.4, 0.5) is 5.69 Å². The largest absolute Gasteiger partial charge is 0.497 e. The molecule has 0 aliphatic heterocycles. The number of rotatable bonds is 14. The minimum atomic E-state index is -4.44. The van der Waals surface area contributed by atoms with Gasteiger partial charge in [-0.2, -0.15) is 0 Å². The van der Waals surface area contributed by atoms with E-state index in [1.165, 1.54) is 57.6 Å². The smallest absolute Gasteiger partial charge is 0.265 e. The summed E-state index contributed by atoms with van der Waals surface area (Å²) in [6.07, 6.45) is 0.297. The van der Waals surface area contributed by atoms with Gasteiger partial charge in [0.25, 0.3) is 10.0 Å². The van der Waals surface area contributed by atoms with Crippen LogP contribution in [0, 0.1) is 0 Å². The van der Waals surface area contributed by atoms with Crippen molar-refractivity contribution in [3.63, 3.8) is 0 Å². The number of benzene rings is 3. The molecule has 1 unspecified atom stereocenters. The first-order valence-corrected chi connectivity index (χ1v) is 15.9. The van der Waals surface area contributed by atoms with Gasteiger partial charge < -0.3 is 29.2 Å². The average Bonchev–Trinajstić information content (AvgIpc) is 3.02. The lowest BCUT2D eigenvalue weighted by Crippen LogP contribution is -2.55. The number of amides is 2. The van der Waals surface area contributed by atoms with Gasteiger partial charge in [-0.15, -0.1) is 0 Å². The molecule has 45 heavy (non-hydrogen) atoms. The van der Waals surface area contributed by atoms with Gasteiger partial charge in [-0.05, 0) is 57.0 Å². The highest BCUT2D eigenvalue weighted by atomic mass is 32.2. The molecule has 0 aromatic heterocycles. The zero-order chi connectivity index (χ0) is 33.4. The predicted molar refractivity (Wildman–Crippen MR) is 173 cm³/mol. The number of nitrogens with zero attached hydrogens (tertiary/aromatic N) is 2. The topological polar surface area (TPSA) is 124 Å². The molecular weight excluding hydrogens is 598 g/mol. The van der Waals surface area contributed by atoms with E-state index in [9.17, 15) is 18.0 Å². The lowest BCUT2D eigenvalue weighted by molar-refractivity contribution is -0.141. The maximum atomic E-state index is 14.4. The van der Waals surface area contributed by atoms with E-state index in [0.29, 0.717) is 17.9 Å². The molecule has 0 heterocycles. The molecule has 1 atom stereocenters. The second kappa shape index (κ2) is 15.0. The number of methoxy groups -OCH3 is 4. The number of sulfonamides is 1. The van der Waals surface area contributed by atoms with Crippen LogP contribution in [0.2, 0.25) is 0 Å². The predicted octanol–water partition coefficient (Wildman–Crippen LogP) is 4.64. The van der Waals surface area contributed by atoms with Gasteiger partial charge in [-0.25, -0.2) is 8.42 Å². The second-order valence-corrected chi connectivity index (χ2v) is 13.1. The van der Waals surface area contributed by atoms with Gasteiger partial charge in [0.05, 0.1) is 39.0 Å². The van der Waals surface area contributed by atoms with Crippen LogP contribution >= 0.6 is 0 Å². The molecule has 3 rings (SSSR count). The Hall–Kier alpha value is -4.45. The zero-order valence-corrected chi connectivity index (χ0v) is 27.9. The molecule has 0 saturated heterocycles. The third-order valence-electron chi connectivity index (χ3n) is 6.96. The Morgan fingerprint density at radius 2 is 1.44 bits per heavy atom. The second-order valence-electron chi connectivity index (χ2n) is 11.2. The molecule has 0 aliphatic rings. The van der Waals surface area contributed by atoms with Crippen molar-refractivity contribution in [3.05, 3.63) is 72.3 Å². The third kappa shape index (κ3) is 8.59. The zero-order valence-electron chi connectivity index (χ0n) is 27.1. The van der Waals surface area contributed by atoms with E-state index >= 15 is 0 Å². The lowest BCUT2D eigenvalue weighted by atomic mass is 10.1. The summed E-state index contributed by atoms with van der Waals surface area (Å²) in [5, 5.41) is 2.96. The molecule has 0 radical (unpaired) electrons. The van der Waals surface area contributed by atoms with Gasteiger partial charge in [0.2, 0.25) is 11.8 Å². The summed E-state index contributed by atoms with van der Waals surface area (Å²) < 4.78 is 51.4. The fourth-order valence-corrected chi connectivity index (χ4v) is 6.19. The summed E-state index contributed by atoms with van der Waals surface area (Å²) in [5.74, 6) is 0.134. The van der Waals surface area contributed by atoms with Gasteiger partial charge in [0.15, 0.2) is 11.5 Å². The molecule has 0 aliphatic carbocycles. The monoisotopic (exact) mass is 641 g/mol. The number of hydrogen-bond donors (Lipinski definition) is 1. The first-order chi connectivity index (χ1) is 21.3. The van der Waals surface area contributed by atoms with Crippen LogP contribution in [-0.2, 0) is 26.2 Å². The van der Waals surface area contributed by atoms with E-state index in [4.69, 9.17) is 18.9 Å². The standard InChI is InChI=1S/C33H43N3O8S/c1-9-26(32(38)34-33(2,3)4)35(21-23-13-11-10-12-14-23)31(37)22-36(27-19-24(41-5)15-17-28(27)42-6)45(39,40)25-16-18-29(43-7)30(20-25)44-8/h10-20,26H,9,21-22H2,1-8H3,(H,34,38). The van der Waals surface area contributed by atoms with Crippen molar-refractivity contribution < 1.29 is 37.0 Å². The van der Waals surface area contributed by atoms with Crippen molar-refractivity contribution in [2.75, 3.05) is 39.3 Å². The molecule has 12 heteroatoms. The number of hydrogen-bond acceptors (Lipinski definition) is 8. The number of carbonyl (C=O) groups is 2. The summed E-state index contributed by atoms with van der Waals surface area (Å²) in [6.45, 7) is 6.80. The fraction of sp³-hybridized carbons (Fsp3) is 0.394. The molecule has 3 aromatic carbocycles. The van der Waals surface area contributed by atoms with E-state index in [0.717, 1.165) is 9.87 Å². The molecule has 2 amide bonds. The summed E-state index contributed by atoms with van der Waals surface area (Å²) in [4.78, 5) is 29.2. The van der Waals surface area contributed by atoms with Crippen molar-refractivity contribution in [1.29, 1.82) is 0 Å². The number of anilines is 1. The molecule has 1 N–H and O–H groups in total. The number of nitrogens with one attached hydrogen (secondary N) is 1. The van der Waals surface area contributed by atoms with Crippen LogP contribution in [0.1, 0.15) is 39.7 Å². The SMILES string of the molecule is CCC(C(=O)NC(C)(C)C)N(Cc1ccccc1)C(=O)CN(c1cc(OC)ccc1OC)S(=O)(=O)c1ccc(OC)c(OC)c1. The Kier molecular flexibility index (Phi) is 11.7. The molecule has 0 saturated carbocycles. The first kappa shape index (κ1) is 35.0. The maximum absolute atomic E-state index is 14.4. The summed E-state index contributed by atoms with van der Waals surface area (Å²) in [5.41, 5.74) is 0.302. The first-order valence-electron chi connectivity index (χ1n) is 14.4. The highest BCUT2D eigenvalue weighted by Gasteiger charge is 2.36. The highest BCUT2D eigenvalue weighted by molar-refractivity contribution is 7.92. The van der Waals surface area contributed by atoms with Crippen LogP contribution in [-0.4, -0.2) is 71.7 Å². The third-order valence-corrected chi connectivity index (χ3v) is 8.71. The fourth-order valence-electron chi connectivity index (χ4n) is 4.76. The summed E-state index contributed by atoms with van der Waals surface area (Å²) in [7, 11) is 1.26. The number of carbonyl (C=O) groups excluding carboxylic acids is 2. The maximum Gasteiger partial charge on any atom is 0.265 e. The van der Waals surface area contributed by atoms with Crippen LogP contribution in [0.3, 0.4) is 0 Å².